The Hall–Kier alpha value is -2.92. The predicted molar refractivity (Wildman–Crippen MR) is 105 cm³/mol. The van der Waals surface area contributed by atoms with Crippen molar-refractivity contribution in [1.29, 1.82) is 0 Å². The molecular formula is C20H18ClN5. The molecule has 4 aromatic rings. The first kappa shape index (κ1) is 16.5. The summed E-state index contributed by atoms with van der Waals surface area (Å²) in [6.07, 6.45) is 2.68. The Labute approximate surface area is 156 Å². The lowest BCUT2D eigenvalue weighted by atomic mass is 10.1. The van der Waals surface area contributed by atoms with Gasteiger partial charge in [-0.05, 0) is 29.1 Å². The van der Waals surface area contributed by atoms with Gasteiger partial charge in [0.1, 0.15) is 0 Å². The summed E-state index contributed by atoms with van der Waals surface area (Å²) in [5.41, 5.74) is 3.92. The molecule has 0 unspecified atom stereocenters. The summed E-state index contributed by atoms with van der Waals surface area (Å²) in [6, 6.07) is 20.5. The van der Waals surface area contributed by atoms with E-state index in [4.69, 9.17) is 11.6 Å². The number of nitrogens with zero attached hydrogens (tertiary/aromatic N) is 4. The molecular weight excluding hydrogens is 346 g/mol. The van der Waals surface area contributed by atoms with Gasteiger partial charge in [-0.2, -0.15) is 9.97 Å². The van der Waals surface area contributed by atoms with Crippen molar-refractivity contribution in [3.63, 3.8) is 0 Å². The van der Waals surface area contributed by atoms with E-state index in [0.29, 0.717) is 12.4 Å². The molecule has 6 heteroatoms. The monoisotopic (exact) mass is 363 g/mol. The van der Waals surface area contributed by atoms with Crippen LogP contribution >= 0.6 is 11.6 Å². The number of halogens is 1. The Morgan fingerprint density at radius 1 is 0.885 bits per heavy atom. The lowest BCUT2D eigenvalue weighted by molar-refractivity contribution is 0.813. The van der Waals surface area contributed by atoms with Gasteiger partial charge < -0.3 is 9.88 Å². The number of rotatable bonds is 6. The highest BCUT2D eigenvalue weighted by atomic mass is 35.5. The molecule has 0 aliphatic heterocycles. The van der Waals surface area contributed by atoms with Gasteiger partial charge in [0.15, 0.2) is 17.0 Å². The summed E-state index contributed by atoms with van der Waals surface area (Å²) in [7, 11) is 0. The largest absolute Gasteiger partial charge is 0.368 e. The van der Waals surface area contributed by atoms with Gasteiger partial charge >= 0.3 is 0 Å². The minimum atomic E-state index is 0.217. The number of anilines is 1. The van der Waals surface area contributed by atoms with Crippen LogP contribution in [0.4, 0.5) is 5.82 Å². The fraction of sp³-hybridized carbons (Fsp3) is 0.150. The fourth-order valence-corrected chi connectivity index (χ4v) is 3.07. The maximum Gasteiger partial charge on any atom is 0.226 e. The van der Waals surface area contributed by atoms with E-state index < -0.39 is 0 Å². The molecule has 0 spiro atoms. The number of aromatic nitrogens is 4. The van der Waals surface area contributed by atoms with E-state index >= 15 is 0 Å². The molecule has 0 fully saturated rings. The maximum atomic E-state index is 6.15. The van der Waals surface area contributed by atoms with Crippen LogP contribution in [0.1, 0.15) is 11.1 Å². The Morgan fingerprint density at radius 3 is 2.31 bits per heavy atom. The summed E-state index contributed by atoms with van der Waals surface area (Å²) in [5, 5.41) is 3.56. The third kappa shape index (κ3) is 3.68. The van der Waals surface area contributed by atoms with Crippen LogP contribution < -0.4 is 5.32 Å². The number of hydrogen-bond donors (Lipinski definition) is 1. The Kier molecular flexibility index (Phi) is 4.80. The molecule has 0 saturated carbocycles. The van der Waals surface area contributed by atoms with E-state index in [1.165, 1.54) is 11.1 Å². The van der Waals surface area contributed by atoms with Gasteiger partial charge in [-0.15, -0.1) is 0 Å². The molecule has 130 valence electrons. The van der Waals surface area contributed by atoms with Crippen molar-refractivity contribution < 1.29 is 0 Å². The van der Waals surface area contributed by atoms with E-state index in [2.05, 4.69) is 44.5 Å². The summed E-state index contributed by atoms with van der Waals surface area (Å²) >= 11 is 6.15. The van der Waals surface area contributed by atoms with Gasteiger partial charge in [0, 0.05) is 6.54 Å². The lowest BCUT2D eigenvalue weighted by Crippen LogP contribution is -2.08. The van der Waals surface area contributed by atoms with Crippen molar-refractivity contribution in [3.05, 3.63) is 83.4 Å². The zero-order valence-electron chi connectivity index (χ0n) is 14.1. The second-order valence-electron chi connectivity index (χ2n) is 6.03. The minimum Gasteiger partial charge on any atom is -0.368 e. The van der Waals surface area contributed by atoms with E-state index in [9.17, 15) is 0 Å². The average molecular weight is 364 g/mol. The standard InChI is InChI=1S/C20H18ClN5/c21-20-24-18(22-12-11-15-7-3-1-4-8-15)17-19(25-20)26(14-23-17)13-16-9-5-2-6-10-16/h1-10,14H,11-13H2,(H,22,24,25). The van der Waals surface area contributed by atoms with Gasteiger partial charge in [-0.1, -0.05) is 60.7 Å². The van der Waals surface area contributed by atoms with Gasteiger partial charge in [-0.3, -0.25) is 0 Å². The van der Waals surface area contributed by atoms with Crippen molar-refractivity contribution in [2.24, 2.45) is 0 Å². The van der Waals surface area contributed by atoms with Crippen LogP contribution in [-0.2, 0) is 13.0 Å². The van der Waals surface area contributed by atoms with E-state index in [-0.39, 0.29) is 5.28 Å². The average Bonchev–Trinajstić information content (AvgIpc) is 3.06. The Bertz CT molecular complexity index is 999. The predicted octanol–water partition coefficient (Wildman–Crippen LogP) is 4.18. The Balaban J connectivity index is 1.55. The number of hydrogen-bond acceptors (Lipinski definition) is 4. The van der Waals surface area contributed by atoms with Crippen LogP contribution in [0.2, 0.25) is 5.28 Å². The van der Waals surface area contributed by atoms with Gasteiger partial charge in [0.05, 0.1) is 12.9 Å². The smallest absolute Gasteiger partial charge is 0.226 e. The van der Waals surface area contributed by atoms with Gasteiger partial charge in [0.2, 0.25) is 5.28 Å². The van der Waals surface area contributed by atoms with Crippen LogP contribution in [0, 0.1) is 0 Å². The van der Waals surface area contributed by atoms with E-state index in [1.54, 1.807) is 6.33 Å². The van der Waals surface area contributed by atoms with Crippen molar-refractivity contribution in [3.8, 4) is 0 Å². The zero-order chi connectivity index (χ0) is 17.8. The quantitative estimate of drug-likeness (QED) is 0.522. The molecule has 5 nitrogen and oxygen atoms in total. The summed E-state index contributed by atoms with van der Waals surface area (Å²) in [4.78, 5) is 13.2. The summed E-state index contributed by atoms with van der Waals surface area (Å²) in [5.74, 6) is 0.669. The molecule has 0 amide bonds. The fourth-order valence-electron chi connectivity index (χ4n) is 2.91. The van der Waals surface area contributed by atoms with Gasteiger partial charge in [0.25, 0.3) is 0 Å². The van der Waals surface area contributed by atoms with Crippen molar-refractivity contribution in [1.82, 2.24) is 19.5 Å². The van der Waals surface area contributed by atoms with Crippen molar-refractivity contribution in [2.75, 3.05) is 11.9 Å². The molecule has 0 saturated heterocycles. The van der Waals surface area contributed by atoms with Crippen LogP contribution in [0.25, 0.3) is 11.2 Å². The highest BCUT2D eigenvalue weighted by molar-refractivity contribution is 6.28. The first-order valence-electron chi connectivity index (χ1n) is 8.50. The van der Waals surface area contributed by atoms with Crippen LogP contribution in [0.3, 0.4) is 0 Å². The SMILES string of the molecule is Clc1nc(NCCc2ccccc2)c2ncn(Cc3ccccc3)c2n1. The van der Waals surface area contributed by atoms with E-state index in [1.807, 2.05) is 41.0 Å². The number of fused-ring (bicyclic) bond motifs is 1. The van der Waals surface area contributed by atoms with E-state index in [0.717, 1.165) is 24.1 Å². The molecule has 4 rings (SSSR count). The van der Waals surface area contributed by atoms with Crippen molar-refractivity contribution >= 4 is 28.6 Å². The number of imidazole rings is 1. The van der Waals surface area contributed by atoms with Crippen LogP contribution in [-0.4, -0.2) is 26.1 Å². The van der Waals surface area contributed by atoms with Crippen molar-refractivity contribution in [2.45, 2.75) is 13.0 Å². The van der Waals surface area contributed by atoms with Crippen LogP contribution in [0.15, 0.2) is 67.0 Å². The highest BCUT2D eigenvalue weighted by Crippen LogP contribution is 2.21. The molecule has 2 aromatic carbocycles. The normalized spacial score (nSPS) is 11.0. The maximum absolute atomic E-state index is 6.15. The van der Waals surface area contributed by atoms with Gasteiger partial charge in [-0.25, -0.2) is 4.98 Å². The molecule has 0 radical (unpaired) electrons. The molecule has 1 N–H and O–H groups in total. The zero-order valence-corrected chi connectivity index (χ0v) is 14.9. The Morgan fingerprint density at radius 2 is 1.58 bits per heavy atom. The first-order chi connectivity index (χ1) is 12.8. The number of benzene rings is 2. The molecule has 0 bridgehead atoms. The highest BCUT2D eigenvalue weighted by Gasteiger charge is 2.12. The molecule has 2 heterocycles. The van der Waals surface area contributed by atoms with Crippen LogP contribution in [0.5, 0.6) is 0 Å². The topological polar surface area (TPSA) is 55.6 Å². The minimum absolute atomic E-state index is 0.217. The second kappa shape index (κ2) is 7.54. The summed E-state index contributed by atoms with van der Waals surface area (Å²) in [6.45, 7) is 1.44. The molecule has 0 atom stereocenters. The molecule has 2 aromatic heterocycles. The third-order valence-corrected chi connectivity index (χ3v) is 4.35. The molecule has 0 aliphatic carbocycles. The number of nitrogens with one attached hydrogen (secondary N) is 1. The summed E-state index contributed by atoms with van der Waals surface area (Å²) < 4.78 is 1.99. The second-order valence-corrected chi connectivity index (χ2v) is 6.37. The first-order valence-corrected chi connectivity index (χ1v) is 8.87. The molecule has 26 heavy (non-hydrogen) atoms. The third-order valence-electron chi connectivity index (χ3n) is 4.18. The lowest BCUT2D eigenvalue weighted by Gasteiger charge is -2.08. The molecule has 0 aliphatic rings.